The van der Waals surface area contributed by atoms with E-state index in [2.05, 4.69) is 12.1 Å². The number of aryl methyl sites for hydroxylation is 1. The molecule has 2 aliphatic rings. The van der Waals surface area contributed by atoms with Crippen LogP contribution in [0, 0.1) is 18.3 Å². The summed E-state index contributed by atoms with van der Waals surface area (Å²) in [5, 5.41) is 9.47. The maximum atomic E-state index is 13.2. The fraction of sp³-hybridized carbons (Fsp3) is 0.261. The standard InChI is InChI=1S/C23H20N2O2/c1-15-6-4-8-16(12-15)18-13-22(27)25(19-9-3-2-7-17(19)14-24)20-10-5-11-21(26)23(18)20/h2-4,6-9,12,18H,5,10-11,13H2,1H3. The number of ketones is 1. The number of nitrogens with zero attached hydrogens (tertiary/aromatic N) is 2. The van der Waals surface area contributed by atoms with Crippen LogP contribution in [0.5, 0.6) is 0 Å². The molecule has 0 radical (unpaired) electrons. The normalized spacial score (nSPS) is 19.7. The lowest BCUT2D eigenvalue weighted by Crippen LogP contribution is -2.40. The van der Waals surface area contributed by atoms with Gasteiger partial charge in [-0.3, -0.25) is 14.5 Å². The Balaban J connectivity index is 1.90. The molecule has 1 unspecified atom stereocenters. The number of anilines is 1. The van der Waals surface area contributed by atoms with E-state index in [4.69, 9.17) is 0 Å². The number of hydrogen-bond acceptors (Lipinski definition) is 3. The first-order valence-corrected chi connectivity index (χ1v) is 9.25. The van der Waals surface area contributed by atoms with Crippen LogP contribution in [0.4, 0.5) is 5.69 Å². The molecule has 4 rings (SSSR count). The molecule has 2 aromatic rings. The Hall–Kier alpha value is -3.19. The van der Waals surface area contributed by atoms with E-state index in [1.807, 2.05) is 31.2 Å². The van der Waals surface area contributed by atoms with E-state index < -0.39 is 0 Å². The van der Waals surface area contributed by atoms with Crippen LogP contribution in [0.2, 0.25) is 0 Å². The predicted octanol–water partition coefficient (Wildman–Crippen LogP) is 4.39. The lowest BCUT2D eigenvalue weighted by atomic mass is 9.77. The number of benzene rings is 2. The van der Waals surface area contributed by atoms with Crippen molar-refractivity contribution in [1.82, 2.24) is 0 Å². The van der Waals surface area contributed by atoms with Gasteiger partial charge in [-0.25, -0.2) is 0 Å². The van der Waals surface area contributed by atoms with Crippen molar-refractivity contribution < 1.29 is 9.59 Å². The van der Waals surface area contributed by atoms with Crippen molar-refractivity contribution in [3.8, 4) is 6.07 Å². The second-order valence-corrected chi connectivity index (χ2v) is 7.17. The largest absolute Gasteiger partial charge is 0.294 e. The highest BCUT2D eigenvalue weighted by Crippen LogP contribution is 2.44. The Labute approximate surface area is 158 Å². The van der Waals surface area contributed by atoms with Gasteiger partial charge in [-0.1, -0.05) is 42.0 Å². The summed E-state index contributed by atoms with van der Waals surface area (Å²) in [7, 11) is 0. The van der Waals surface area contributed by atoms with Crippen molar-refractivity contribution in [3.05, 3.63) is 76.5 Å². The Bertz CT molecular complexity index is 1010. The Kier molecular flexibility index (Phi) is 4.37. The van der Waals surface area contributed by atoms with E-state index in [1.54, 1.807) is 23.1 Å². The minimum absolute atomic E-state index is 0.0577. The van der Waals surface area contributed by atoms with E-state index in [0.29, 0.717) is 24.1 Å². The van der Waals surface area contributed by atoms with Crippen molar-refractivity contribution in [2.24, 2.45) is 0 Å². The SMILES string of the molecule is Cc1cccc(C2CC(=O)N(c3ccccc3C#N)C3=C2C(=O)CCC3)c1. The quantitative estimate of drug-likeness (QED) is 0.801. The van der Waals surface area contributed by atoms with Crippen molar-refractivity contribution in [2.45, 2.75) is 38.5 Å². The van der Waals surface area contributed by atoms with E-state index in [0.717, 1.165) is 28.8 Å². The first-order valence-electron chi connectivity index (χ1n) is 9.25. The van der Waals surface area contributed by atoms with Crippen LogP contribution in [-0.4, -0.2) is 11.7 Å². The number of carbonyl (C=O) groups is 2. The summed E-state index contributed by atoms with van der Waals surface area (Å²) in [5.41, 5.74) is 4.68. The second-order valence-electron chi connectivity index (χ2n) is 7.17. The molecule has 1 aliphatic heterocycles. The summed E-state index contributed by atoms with van der Waals surface area (Å²) in [6.45, 7) is 2.02. The number of hydrogen-bond donors (Lipinski definition) is 0. The number of para-hydroxylation sites is 1. The van der Waals surface area contributed by atoms with Crippen LogP contribution in [0.15, 0.2) is 59.8 Å². The molecule has 1 atom stereocenters. The zero-order chi connectivity index (χ0) is 19.0. The molecule has 1 aliphatic carbocycles. The summed E-state index contributed by atoms with van der Waals surface area (Å²) in [4.78, 5) is 27.7. The Morgan fingerprint density at radius 3 is 2.67 bits per heavy atom. The molecular formula is C23H20N2O2. The molecule has 0 saturated heterocycles. The van der Waals surface area contributed by atoms with E-state index in [9.17, 15) is 14.9 Å². The highest BCUT2D eigenvalue weighted by Gasteiger charge is 2.40. The summed E-state index contributed by atoms with van der Waals surface area (Å²) >= 11 is 0. The van der Waals surface area contributed by atoms with Gasteiger partial charge in [0.1, 0.15) is 6.07 Å². The maximum Gasteiger partial charge on any atom is 0.232 e. The zero-order valence-electron chi connectivity index (χ0n) is 15.2. The summed E-state index contributed by atoms with van der Waals surface area (Å²) < 4.78 is 0. The third-order valence-corrected chi connectivity index (χ3v) is 5.39. The molecule has 1 amide bonds. The fourth-order valence-corrected chi connectivity index (χ4v) is 4.21. The van der Waals surface area contributed by atoms with Gasteiger partial charge in [0.25, 0.3) is 0 Å². The van der Waals surface area contributed by atoms with Crippen LogP contribution in [0.3, 0.4) is 0 Å². The van der Waals surface area contributed by atoms with Gasteiger partial charge >= 0.3 is 0 Å². The molecular weight excluding hydrogens is 336 g/mol. The minimum Gasteiger partial charge on any atom is -0.294 e. The topological polar surface area (TPSA) is 61.2 Å². The van der Waals surface area contributed by atoms with Crippen LogP contribution in [0.1, 0.15) is 48.3 Å². The van der Waals surface area contributed by atoms with Crippen molar-refractivity contribution >= 4 is 17.4 Å². The Morgan fingerprint density at radius 2 is 1.89 bits per heavy atom. The second kappa shape index (κ2) is 6.85. The molecule has 0 spiro atoms. The van der Waals surface area contributed by atoms with Crippen LogP contribution >= 0.6 is 0 Å². The van der Waals surface area contributed by atoms with Crippen LogP contribution in [-0.2, 0) is 9.59 Å². The minimum atomic E-state index is -0.203. The van der Waals surface area contributed by atoms with E-state index >= 15 is 0 Å². The highest BCUT2D eigenvalue weighted by atomic mass is 16.2. The van der Waals surface area contributed by atoms with Crippen LogP contribution in [0.25, 0.3) is 0 Å². The van der Waals surface area contributed by atoms with Gasteiger partial charge in [0.2, 0.25) is 5.91 Å². The first-order chi connectivity index (χ1) is 13.1. The van der Waals surface area contributed by atoms with Gasteiger partial charge in [0.05, 0.1) is 11.3 Å². The molecule has 0 bridgehead atoms. The number of rotatable bonds is 2. The average Bonchev–Trinajstić information content (AvgIpc) is 2.67. The van der Waals surface area contributed by atoms with E-state index in [-0.39, 0.29) is 24.0 Å². The molecule has 1 heterocycles. The highest BCUT2D eigenvalue weighted by molar-refractivity contribution is 6.08. The molecule has 2 aromatic carbocycles. The molecule has 0 aromatic heterocycles. The summed E-state index contributed by atoms with van der Waals surface area (Å²) in [5.74, 6) is -0.141. The van der Waals surface area contributed by atoms with Crippen molar-refractivity contribution in [2.75, 3.05) is 4.90 Å². The molecule has 0 saturated carbocycles. The average molecular weight is 356 g/mol. The van der Waals surface area contributed by atoms with Crippen molar-refractivity contribution in [3.63, 3.8) is 0 Å². The van der Waals surface area contributed by atoms with Gasteiger partial charge < -0.3 is 0 Å². The Morgan fingerprint density at radius 1 is 1.07 bits per heavy atom. The number of allylic oxidation sites excluding steroid dienone is 2. The molecule has 4 nitrogen and oxygen atoms in total. The monoisotopic (exact) mass is 356 g/mol. The van der Waals surface area contributed by atoms with Crippen LogP contribution < -0.4 is 4.90 Å². The van der Waals surface area contributed by atoms with Gasteiger partial charge in [-0.05, 0) is 37.5 Å². The maximum absolute atomic E-state index is 13.2. The summed E-state index contributed by atoms with van der Waals surface area (Å²) in [6.07, 6.45) is 2.17. The van der Waals surface area contributed by atoms with Gasteiger partial charge in [0.15, 0.2) is 5.78 Å². The number of nitriles is 1. The van der Waals surface area contributed by atoms with E-state index in [1.165, 1.54) is 0 Å². The van der Waals surface area contributed by atoms with Gasteiger partial charge in [0, 0.05) is 30.0 Å². The molecule has 0 N–H and O–H groups in total. The number of carbonyl (C=O) groups excluding carboxylic acids is 2. The molecule has 0 fully saturated rings. The molecule has 4 heteroatoms. The third-order valence-electron chi connectivity index (χ3n) is 5.39. The third kappa shape index (κ3) is 2.96. The molecule has 27 heavy (non-hydrogen) atoms. The number of Topliss-reactive ketones (excluding diaryl/α,β-unsaturated/α-hetero) is 1. The van der Waals surface area contributed by atoms with Gasteiger partial charge in [-0.2, -0.15) is 5.26 Å². The lowest BCUT2D eigenvalue weighted by Gasteiger charge is -2.38. The first kappa shape index (κ1) is 17.2. The fourth-order valence-electron chi connectivity index (χ4n) is 4.21. The number of amides is 1. The zero-order valence-corrected chi connectivity index (χ0v) is 15.2. The smallest absolute Gasteiger partial charge is 0.232 e. The molecule has 134 valence electrons. The lowest BCUT2D eigenvalue weighted by molar-refractivity contribution is -0.119. The predicted molar refractivity (Wildman–Crippen MR) is 103 cm³/mol. The summed E-state index contributed by atoms with van der Waals surface area (Å²) in [6, 6.07) is 17.3. The van der Waals surface area contributed by atoms with Gasteiger partial charge in [-0.15, -0.1) is 0 Å². The van der Waals surface area contributed by atoms with Crippen molar-refractivity contribution in [1.29, 1.82) is 5.26 Å².